The van der Waals surface area contributed by atoms with Gasteiger partial charge in [0.05, 0.1) is 12.0 Å². The van der Waals surface area contributed by atoms with Crippen LogP contribution in [0, 0.1) is 0 Å². The number of carbonyl (C=O) groups is 2. The van der Waals surface area contributed by atoms with Gasteiger partial charge in [-0.3, -0.25) is 9.59 Å². The minimum absolute atomic E-state index is 0.0177. The highest BCUT2D eigenvalue weighted by Gasteiger charge is 2.30. The van der Waals surface area contributed by atoms with E-state index in [0.717, 1.165) is 24.3 Å². The molecule has 0 aliphatic heterocycles. The van der Waals surface area contributed by atoms with E-state index in [-0.39, 0.29) is 18.7 Å². The summed E-state index contributed by atoms with van der Waals surface area (Å²) in [4.78, 5) is 31.6. The van der Waals surface area contributed by atoms with Crippen molar-refractivity contribution in [3.8, 4) is 0 Å². The molecular formula is C17H17F3N4O3. The van der Waals surface area contributed by atoms with Crippen molar-refractivity contribution >= 4 is 23.5 Å². The van der Waals surface area contributed by atoms with E-state index in [1.807, 2.05) is 0 Å². The van der Waals surface area contributed by atoms with E-state index in [9.17, 15) is 22.8 Å². The Bertz CT molecular complexity index is 767. The van der Waals surface area contributed by atoms with Crippen LogP contribution in [0.3, 0.4) is 0 Å². The molecule has 2 N–H and O–H groups in total. The van der Waals surface area contributed by atoms with Gasteiger partial charge in [0.2, 0.25) is 5.95 Å². The third-order valence-electron chi connectivity index (χ3n) is 3.34. The molecule has 1 unspecified atom stereocenters. The molecule has 1 atom stereocenters. The summed E-state index contributed by atoms with van der Waals surface area (Å²) in [6, 6.07) is 5.60. The van der Waals surface area contributed by atoms with E-state index < -0.39 is 29.7 Å². The molecule has 0 radical (unpaired) electrons. The lowest BCUT2D eigenvalue weighted by Crippen LogP contribution is -2.30. The summed E-state index contributed by atoms with van der Waals surface area (Å²) in [5.74, 6) is -0.908. The average molecular weight is 382 g/mol. The molecule has 0 saturated heterocycles. The lowest BCUT2D eigenvalue weighted by molar-refractivity contribution is -0.152. The van der Waals surface area contributed by atoms with Crippen molar-refractivity contribution in [1.82, 2.24) is 9.97 Å². The Kier molecular flexibility index (Phi) is 6.69. The third kappa shape index (κ3) is 6.57. The number of esters is 1. The van der Waals surface area contributed by atoms with Crippen molar-refractivity contribution in [2.24, 2.45) is 0 Å². The molecule has 0 aliphatic rings. The largest absolute Gasteiger partial charge is 0.452 e. The van der Waals surface area contributed by atoms with Gasteiger partial charge in [-0.05, 0) is 37.3 Å². The van der Waals surface area contributed by atoms with Crippen LogP contribution in [0.4, 0.5) is 24.8 Å². The van der Waals surface area contributed by atoms with Crippen molar-refractivity contribution in [2.45, 2.75) is 25.6 Å². The zero-order valence-corrected chi connectivity index (χ0v) is 14.3. The standard InChI is InChI=1S/C17H17F3N4O3/c1-11(27-14(25)7-10-23-16-21-8-2-9-22-16)15(26)24-13-5-3-12(4-6-13)17(18,19)20/h2-6,8-9,11H,7,10H2,1H3,(H,24,26)(H,21,22,23). The molecule has 0 saturated carbocycles. The van der Waals surface area contributed by atoms with E-state index in [1.165, 1.54) is 6.92 Å². The highest BCUT2D eigenvalue weighted by atomic mass is 19.4. The van der Waals surface area contributed by atoms with Crippen LogP contribution in [0.2, 0.25) is 0 Å². The second kappa shape index (κ2) is 8.97. The smallest absolute Gasteiger partial charge is 0.416 e. The van der Waals surface area contributed by atoms with Gasteiger partial charge in [0.15, 0.2) is 6.10 Å². The molecule has 1 amide bonds. The van der Waals surface area contributed by atoms with Gasteiger partial charge in [-0.25, -0.2) is 9.97 Å². The van der Waals surface area contributed by atoms with Crippen LogP contribution in [0.15, 0.2) is 42.7 Å². The van der Waals surface area contributed by atoms with Crippen LogP contribution in [-0.2, 0) is 20.5 Å². The second-order valence-electron chi connectivity index (χ2n) is 5.45. The van der Waals surface area contributed by atoms with Crippen molar-refractivity contribution < 1.29 is 27.5 Å². The number of nitrogens with zero attached hydrogens (tertiary/aromatic N) is 2. The van der Waals surface area contributed by atoms with E-state index in [0.29, 0.717) is 5.95 Å². The van der Waals surface area contributed by atoms with Crippen molar-refractivity contribution in [2.75, 3.05) is 17.2 Å². The molecule has 2 aromatic rings. The zero-order valence-electron chi connectivity index (χ0n) is 14.3. The van der Waals surface area contributed by atoms with Crippen LogP contribution in [0.25, 0.3) is 0 Å². The fourth-order valence-electron chi connectivity index (χ4n) is 1.96. The van der Waals surface area contributed by atoms with E-state index in [1.54, 1.807) is 18.5 Å². The molecule has 10 heteroatoms. The van der Waals surface area contributed by atoms with Gasteiger partial charge in [0.25, 0.3) is 5.91 Å². The van der Waals surface area contributed by atoms with E-state index in [2.05, 4.69) is 20.6 Å². The van der Waals surface area contributed by atoms with Gasteiger partial charge < -0.3 is 15.4 Å². The van der Waals surface area contributed by atoms with Crippen molar-refractivity contribution in [3.05, 3.63) is 48.3 Å². The Morgan fingerprint density at radius 3 is 2.37 bits per heavy atom. The highest BCUT2D eigenvalue weighted by Crippen LogP contribution is 2.29. The van der Waals surface area contributed by atoms with Crippen LogP contribution in [-0.4, -0.2) is 34.5 Å². The van der Waals surface area contributed by atoms with Crippen LogP contribution in [0.5, 0.6) is 0 Å². The van der Waals surface area contributed by atoms with E-state index >= 15 is 0 Å². The maximum Gasteiger partial charge on any atom is 0.416 e. The quantitative estimate of drug-likeness (QED) is 0.716. The normalized spacial score (nSPS) is 12.1. The molecule has 27 heavy (non-hydrogen) atoms. The van der Waals surface area contributed by atoms with Crippen LogP contribution in [0.1, 0.15) is 18.9 Å². The molecule has 1 aromatic carbocycles. The average Bonchev–Trinajstić information content (AvgIpc) is 2.62. The number of nitrogens with one attached hydrogen (secondary N) is 2. The fraction of sp³-hybridized carbons (Fsp3) is 0.294. The monoisotopic (exact) mass is 382 g/mol. The molecule has 0 spiro atoms. The predicted octanol–water partition coefficient (Wildman–Crippen LogP) is 2.87. The number of carbonyl (C=O) groups excluding carboxylic acids is 2. The number of rotatable bonds is 7. The van der Waals surface area contributed by atoms with Gasteiger partial charge in [-0.15, -0.1) is 0 Å². The topological polar surface area (TPSA) is 93.2 Å². The summed E-state index contributed by atoms with van der Waals surface area (Å²) in [6.07, 6.45) is -2.49. The summed E-state index contributed by atoms with van der Waals surface area (Å²) in [7, 11) is 0. The Labute approximate surface area is 153 Å². The molecule has 7 nitrogen and oxygen atoms in total. The van der Waals surface area contributed by atoms with Crippen LogP contribution < -0.4 is 10.6 Å². The summed E-state index contributed by atoms with van der Waals surface area (Å²) >= 11 is 0. The first-order valence-electron chi connectivity index (χ1n) is 7.94. The molecule has 0 fully saturated rings. The number of hydrogen-bond donors (Lipinski definition) is 2. The number of amides is 1. The first-order valence-corrected chi connectivity index (χ1v) is 7.94. The number of aromatic nitrogens is 2. The Hall–Kier alpha value is -3.17. The first-order chi connectivity index (χ1) is 12.8. The summed E-state index contributed by atoms with van der Waals surface area (Å²) < 4.78 is 42.5. The fourth-order valence-corrected chi connectivity index (χ4v) is 1.96. The number of benzene rings is 1. The molecule has 0 aliphatic carbocycles. The molecule has 1 heterocycles. The van der Waals surface area contributed by atoms with Crippen molar-refractivity contribution in [1.29, 1.82) is 0 Å². The minimum atomic E-state index is -4.45. The molecule has 0 bridgehead atoms. The van der Waals surface area contributed by atoms with Gasteiger partial charge in [0.1, 0.15) is 0 Å². The molecular weight excluding hydrogens is 365 g/mol. The van der Waals surface area contributed by atoms with Crippen LogP contribution >= 0.6 is 0 Å². The Balaban J connectivity index is 1.76. The number of ether oxygens (including phenoxy) is 1. The van der Waals surface area contributed by atoms with Gasteiger partial charge in [-0.1, -0.05) is 0 Å². The maximum atomic E-state index is 12.5. The third-order valence-corrected chi connectivity index (χ3v) is 3.34. The number of anilines is 2. The molecule has 2 rings (SSSR count). The first kappa shape index (κ1) is 20.1. The van der Waals surface area contributed by atoms with Gasteiger partial charge in [0, 0.05) is 24.6 Å². The zero-order chi connectivity index (χ0) is 19.9. The SMILES string of the molecule is CC(OC(=O)CCNc1ncccn1)C(=O)Nc1ccc(C(F)(F)F)cc1. The number of alkyl halides is 3. The number of halogens is 3. The highest BCUT2D eigenvalue weighted by molar-refractivity contribution is 5.95. The lowest BCUT2D eigenvalue weighted by Gasteiger charge is -2.14. The van der Waals surface area contributed by atoms with Crippen molar-refractivity contribution in [3.63, 3.8) is 0 Å². The number of hydrogen-bond acceptors (Lipinski definition) is 6. The predicted molar refractivity (Wildman–Crippen MR) is 90.8 cm³/mol. The summed E-state index contributed by atoms with van der Waals surface area (Å²) in [5, 5.41) is 5.21. The molecule has 144 valence electrons. The van der Waals surface area contributed by atoms with Gasteiger partial charge >= 0.3 is 12.1 Å². The molecule has 1 aromatic heterocycles. The summed E-state index contributed by atoms with van der Waals surface area (Å²) in [5.41, 5.74) is -0.659. The minimum Gasteiger partial charge on any atom is -0.452 e. The maximum absolute atomic E-state index is 12.5. The Morgan fingerprint density at radius 1 is 1.15 bits per heavy atom. The van der Waals surface area contributed by atoms with Gasteiger partial charge in [-0.2, -0.15) is 13.2 Å². The second-order valence-corrected chi connectivity index (χ2v) is 5.45. The Morgan fingerprint density at radius 2 is 1.78 bits per heavy atom. The lowest BCUT2D eigenvalue weighted by atomic mass is 10.2. The van der Waals surface area contributed by atoms with E-state index in [4.69, 9.17) is 4.74 Å². The summed E-state index contributed by atoms with van der Waals surface area (Å²) in [6.45, 7) is 1.58.